The second kappa shape index (κ2) is 2.84. The average molecular weight is 202 g/mol. The van der Waals surface area contributed by atoms with Crippen LogP contribution in [0.15, 0.2) is 28.1 Å². The van der Waals surface area contributed by atoms with E-state index >= 15 is 0 Å². The number of allylic oxidation sites excluding steroid dienone is 1. The Bertz CT molecular complexity index is 367. The maximum absolute atomic E-state index is 5.81. The molecule has 0 saturated carbocycles. The fourth-order valence-corrected chi connectivity index (χ4v) is 1.20. The monoisotopic (exact) mass is 201 g/mol. The van der Waals surface area contributed by atoms with Crippen LogP contribution in [0.4, 0.5) is 0 Å². The van der Waals surface area contributed by atoms with Crippen molar-refractivity contribution in [1.82, 2.24) is 5.43 Å². The number of rotatable bonds is 1. The number of hydrogen-bond acceptors (Lipinski definition) is 2. The molecule has 12 heavy (non-hydrogen) atoms. The van der Waals surface area contributed by atoms with Gasteiger partial charge in [0, 0.05) is 0 Å². The molecule has 1 aliphatic rings. The molecule has 0 amide bonds. The Labute approximate surface area is 78.6 Å². The molecular weight excluding hydrogens is 199 g/mol. The quantitative estimate of drug-likeness (QED) is 0.689. The summed E-state index contributed by atoms with van der Waals surface area (Å²) in [5.41, 5.74) is 4.98. The molecule has 2 rings (SSSR count). The van der Waals surface area contributed by atoms with E-state index in [1.807, 2.05) is 0 Å². The summed E-state index contributed by atoms with van der Waals surface area (Å²) in [6.45, 7) is 0. The summed E-state index contributed by atoms with van der Waals surface area (Å²) in [4.78, 5) is 0. The lowest BCUT2D eigenvalue weighted by Gasteiger charge is -1.89. The van der Waals surface area contributed by atoms with Gasteiger partial charge in [0.25, 0.3) is 0 Å². The molecule has 0 unspecified atom stereocenters. The first-order valence-electron chi connectivity index (χ1n) is 3.16. The summed E-state index contributed by atoms with van der Waals surface area (Å²) >= 11 is 11.4. The molecule has 0 fully saturated rings. The highest BCUT2D eigenvalue weighted by Crippen LogP contribution is 2.28. The predicted octanol–water partition coefficient (Wildman–Crippen LogP) is 2.42. The van der Waals surface area contributed by atoms with Crippen LogP contribution in [-0.4, -0.2) is 5.71 Å². The standard InChI is InChI=1S/C7H3Cl2N2O/c8-6-4(3-12-7(6)9)5-1-2-10-11-5/h1-3H. The van der Waals surface area contributed by atoms with E-state index in [2.05, 4.69) is 10.5 Å². The van der Waals surface area contributed by atoms with E-state index in [9.17, 15) is 0 Å². The smallest absolute Gasteiger partial charge is 0.212 e. The molecule has 1 aromatic heterocycles. The number of nitrogens with zero attached hydrogens (tertiary/aromatic N) is 2. The van der Waals surface area contributed by atoms with Crippen LogP contribution in [-0.2, 0) is 0 Å². The second-order valence-corrected chi connectivity index (χ2v) is 2.87. The van der Waals surface area contributed by atoms with Crippen LogP contribution in [0.25, 0.3) is 0 Å². The molecule has 1 aliphatic heterocycles. The van der Waals surface area contributed by atoms with Crippen molar-refractivity contribution in [3.63, 3.8) is 0 Å². The van der Waals surface area contributed by atoms with Crippen LogP contribution >= 0.6 is 23.2 Å². The van der Waals surface area contributed by atoms with Crippen molar-refractivity contribution in [1.29, 1.82) is 0 Å². The molecule has 1 radical (unpaired) electrons. The first-order chi connectivity index (χ1) is 5.79. The molecule has 61 valence electrons. The summed E-state index contributed by atoms with van der Waals surface area (Å²) in [5, 5.41) is 4.36. The largest absolute Gasteiger partial charge is 0.451 e. The maximum atomic E-state index is 5.81. The van der Waals surface area contributed by atoms with Gasteiger partial charge in [0.05, 0.1) is 17.5 Å². The SMILES string of the molecule is Clc1occ(C2=N[N]C=C2)c1Cl. The van der Waals surface area contributed by atoms with Crippen LogP contribution in [0.2, 0.25) is 10.2 Å². The van der Waals surface area contributed by atoms with Crippen molar-refractivity contribution in [2.45, 2.75) is 0 Å². The molecule has 0 atom stereocenters. The third kappa shape index (κ3) is 1.11. The highest BCUT2D eigenvalue weighted by Gasteiger charge is 2.15. The summed E-state index contributed by atoms with van der Waals surface area (Å²) < 4.78 is 4.88. The van der Waals surface area contributed by atoms with Gasteiger partial charge in [-0.05, 0) is 17.7 Å². The fourth-order valence-electron chi connectivity index (χ4n) is 0.869. The minimum atomic E-state index is 0.176. The Hall–Kier alpha value is -0.930. The van der Waals surface area contributed by atoms with Crippen LogP contribution < -0.4 is 5.43 Å². The van der Waals surface area contributed by atoms with Crippen LogP contribution in [0.3, 0.4) is 0 Å². The second-order valence-electron chi connectivity index (χ2n) is 2.15. The van der Waals surface area contributed by atoms with Gasteiger partial charge >= 0.3 is 0 Å². The van der Waals surface area contributed by atoms with E-state index in [1.165, 1.54) is 6.26 Å². The van der Waals surface area contributed by atoms with Crippen molar-refractivity contribution in [3.05, 3.63) is 34.3 Å². The van der Waals surface area contributed by atoms with Crippen molar-refractivity contribution in [2.24, 2.45) is 5.10 Å². The van der Waals surface area contributed by atoms with Gasteiger partial charge in [0.1, 0.15) is 11.3 Å². The molecule has 2 heterocycles. The maximum Gasteiger partial charge on any atom is 0.212 e. The third-order valence-corrected chi connectivity index (χ3v) is 2.18. The van der Waals surface area contributed by atoms with Gasteiger partial charge in [-0.3, -0.25) is 0 Å². The number of halogens is 2. The van der Waals surface area contributed by atoms with E-state index < -0.39 is 0 Å². The van der Waals surface area contributed by atoms with E-state index in [-0.39, 0.29) is 5.22 Å². The number of furan rings is 1. The zero-order valence-corrected chi connectivity index (χ0v) is 7.30. The van der Waals surface area contributed by atoms with Gasteiger partial charge in [-0.1, -0.05) is 11.6 Å². The Morgan fingerprint density at radius 2 is 2.17 bits per heavy atom. The Morgan fingerprint density at radius 1 is 1.33 bits per heavy atom. The normalized spacial score (nSPS) is 14.7. The molecule has 0 spiro atoms. The van der Waals surface area contributed by atoms with Crippen LogP contribution in [0.5, 0.6) is 0 Å². The molecule has 0 saturated heterocycles. The zero-order valence-electron chi connectivity index (χ0n) is 5.79. The summed E-state index contributed by atoms with van der Waals surface area (Å²) in [6, 6.07) is 0. The summed E-state index contributed by atoms with van der Waals surface area (Å²) in [7, 11) is 0. The van der Waals surface area contributed by atoms with E-state index in [4.69, 9.17) is 27.6 Å². The Balaban J connectivity index is 2.46. The lowest BCUT2D eigenvalue weighted by atomic mass is 10.2. The Kier molecular flexibility index (Phi) is 1.83. The molecule has 1 aromatic rings. The van der Waals surface area contributed by atoms with Crippen molar-refractivity contribution >= 4 is 28.9 Å². The van der Waals surface area contributed by atoms with Gasteiger partial charge in [-0.25, -0.2) is 0 Å². The highest BCUT2D eigenvalue weighted by molar-refractivity contribution is 6.43. The summed E-state index contributed by atoms with van der Waals surface area (Å²) in [5.74, 6) is 0. The average Bonchev–Trinajstić information content (AvgIpc) is 2.64. The van der Waals surface area contributed by atoms with Crippen LogP contribution in [0, 0.1) is 0 Å². The minimum Gasteiger partial charge on any atom is -0.451 e. The molecule has 0 N–H and O–H groups in total. The van der Waals surface area contributed by atoms with Gasteiger partial charge in [-0.2, -0.15) is 10.5 Å². The fraction of sp³-hybridized carbons (Fsp3) is 0. The van der Waals surface area contributed by atoms with Crippen molar-refractivity contribution in [2.75, 3.05) is 0 Å². The lowest BCUT2D eigenvalue weighted by Crippen LogP contribution is -1.92. The van der Waals surface area contributed by atoms with Gasteiger partial charge in [0.2, 0.25) is 5.22 Å². The Morgan fingerprint density at radius 3 is 2.67 bits per heavy atom. The molecule has 5 heteroatoms. The van der Waals surface area contributed by atoms with Gasteiger partial charge < -0.3 is 4.42 Å². The topological polar surface area (TPSA) is 39.6 Å². The van der Waals surface area contributed by atoms with E-state index in [0.29, 0.717) is 16.3 Å². The number of hydrogen-bond donors (Lipinski definition) is 0. The molecule has 0 aliphatic carbocycles. The van der Waals surface area contributed by atoms with E-state index in [0.717, 1.165) is 0 Å². The zero-order chi connectivity index (χ0) is 8.55. The van der Waals surface area contributed by atoms with Gasteiger partial charge in [-0.15, -0.1) is 0 Å². The van der Waals surface area contributed by atoms with Crippen molar-refractivity contribution < 1.29 is 4.42 Å². The molecule has 3 nitrogen and oxygen atoms in total. The third-order valence-electron chi connectivity index (χ3n) is 1.43. The molecule has 0 bridgehead atoms. The molecular formula is C7H3Cl2N2O. The predicted molar refractivity (Wildman–Crippen MR) is 46.5 cm³/mol. The highest BCUT2D eigenvalue weighted by atomic mass is 35.5. The van der Waals surface area contributed by atoms with Crippen LogP contribution in [0.1, 0.15) is 5.56 Å². The lowest BCUT2D eigenvalue weighted by molar-refractivity contribution is 0.569. The summed E-state index contributed by atoms with van der Waals surface area (Å²) in [6.07, 6.45) is 4.76. The van der Waals surface area contributed by atoms with E-state index in [1.54, 1.807) is 12.3 Å². The molecule has 0 aromatic carbocycles. The first kappa shape index (κ1) is 7.71. The first-order valence-corrected chi connectivity index (χ1v) is 3.92. The van der Waals surface area contributed by atoms with Crippen molar-refractivity contribution in [3.8, 4) is 0 Å². The minimum absolute atomic E-state index is 0.176. The van der Waals surface area contributed by atoms with Gasteiger partial charge in [0.15, 0.2) is 0 Å².